The summed E-state index contributed by atoms with van der Waals surface area (Å²) in [6, 6.07) is 11.5. The predicted octanol–water partition coefficient (Wildman–Crippen LogP) is 1.76. The molecule has 2 heterocycles. The Kier molecular flexibility index (Phi) is 4.86. The van der Waals surface area contributed by atoms with Crippen molar-refractivity contribution in [1.82, 2.24) is 4.72 Å². The first-order valence-electron chi connectivity index (χ1n) is 8.80. The molecule has 148 valence electrons. The smallest absolute Gasteiger partial charge is 0.240 e. The second kappa shape index (κ2) is 7.33. The van der Waals surface area contributed by atoms with E-state index in [1.807, 2.05) is 0 Å². The third kappa shape index (κ3) is 3.63. The molecule has 28 heavy (non-hydrogen) atoms. The Balaban J connectivity index is 1.40. The number of hydrogen-bond donors (Lipinski definition) is 1. The molecule has 1 atom stereocenters. The highest BCUT2D eigenvalue weighted by molar-refractivity contribution is 7.89. The fourth-order valence-electron chi connectivity index (χ4n) is 3.29. The summed E-state index contributed by atoms with van der Waals surface area (Å²) in [5.41, 5.74) is 0.717. The first kappa shape index (κ1) is 18.6. The van der Waals surface area contributed by atoms with Gasteiger partial charge in [0.2, 0.25) is 22.7 Å². The Morgan fingerprint density at radius 3 is 2.64 bits per heavy atom. The van der Waals surface area contributed by atoms with Crippen molar-refractivity contribution in [3.63, 3.8) is 0 Å². The van der Waals surface area contributed by atoms with E-state index in [-0.39, 0.29) is 36.5 Å². The van der Waals surface area contributed by atoms with Crippen molar-refractivity contribution < 1.29 is 27.4 Å². The van der Waals surface area contributed by atoms with Gasteiger partial charge in [-0.1, -0.05) is 0 Å². The SMILES string of the molecule is COc1ccc(S(=O)(=O)NCC2CC(=O)N(c3ccc4c(c3)OCO4)C2)cc1. The third-order valence-corrected chi connectivity index (χ3v) is 6.24. The van der Waals surface area contributed by atoms with Gasteiger partial charge >= 0.3 is 0 Å². The highest BCUT2D eigenvalue weighted by Crippen LogP contribution is 2.37. The minimum atomic E-state index is -3.65. The summed E-state index contributed by atoms with van der Waals surface area (Å²) < 4.78 is 43.2. The van der Waals surface area contributed by atoms with Crippen LogP contribution in [-0.2, 0) is 14.8 Å². The number of anilines is 1. The molecule has 8 nitrogen and oxygen atoms in total. The van der Waals surface area contributed by atoms with Gasteiger partial charge in [-0.05, 0) is 42.3 Å². The number of fused-ring (bicyclic) bond motifs is 1. The minimum absolute atomic E-state index is 0.0486. The van der Waals surface area contributed by atoms with Gasteiger partial charge in [0.05, 0.1) is 12.0 Å². The van der Waals surface area contributed by atoms with Crippen molar-refractivity contribution in [2.24, 2.45) is 5.92 Å². The summed E-state index contributed by atoms with van der Waals surface area (Å²) >= 11 is 0. The van der Waals surface area contributed by atoms with Gasteiger partial charge in [0, 0.05) is 31.3 Å². The van der Waals surface area contributed by atoms with Crippen LogP contribution in [0.4, 0.5) is 5.69 Å². The molecule has 1 N–H and O–H groups in total. The number of hydrogen-bond acceptors (Lipinski definition) is 6. The number of nitrogens with one attached hydrogen (secondary N) is 1. The number of nitrogens with zero attached hydrogens (tertiary/aromatic N) is 1. The Morgan fingerprint density at radius 1 is 1.14 bits per heavy atom. The average molecular weight is 404 g/mol. The second-order valence-electron chi connectivity index (χ2n) is 6.64. The van der Waals surface area contributed by atoms with Gasteiger partial charge < -0.3 is 19.1 Å². The van der Waals surface area contributed by atoms with Crippen LogP contribution in [0.25, 0.3) is 0 Å². The van der Waals surface area contributed by atoms with Crippen molar-refractivity contribution in [3.05, 3.63) is 42.5 Å². The summed E-state index contributed by atoms with van der Waals surface area (Å²) in [5.74, 6) is 1.67. The summed E-state index contributed by atoms with van der Waals surface area (Å²) in [6.07, 6.45) is 0.277. The summed E-state index contributed by atoms with van der Waals surface area (Å²) in [4.78, 5) is 14.2. The molecule has 2 aliphatic heterocycles. The molecule has 1 fully saturated rings. The fraction of sp³-hybridized carbons (Fsp3) is 0.316. The van der Waals surface area contributed by atoms with Crippen LogP contribution in [0.2, 0.25) is 0 Å². The van der Waals surface area contributed by atoms with Gasteiger partial charge in [-0.3, -0.25) is 4.79 Å². The number of carbonyl (C=O) groups excluding carboxylic acids is 1. The molecule has 1 saturated heterocycles. The molecule has 2 aliphatic rings. The Hall–Kier alpha value is -2.78. The van der Waals surface area contributed by atoms with Gasteiger partial charge in [0.15, 0.2) is 11.5 Å². The molecule has 1 amide bonds. The molecule has 4 rings (SSSR count). The van der Waals surface area contributed by atoms with E-state index in [0.717, 1.165) is 5.69 Å². The van der Waals surface area contributed by atoms with Crippen LogP contribution in [-0.4, -0.2) is 41.3 Å². The number of methoxy groups -OCH3 is 1. The Morgan fingerprint density at radius 2 is 1.89 bits per heavy atom. The molecule has 0 radical (unpaired) electrons. The van der Waals surface area contributed by atoms with Gasteiger partial charge in [-0.2, -0.15) is 0 Å². The molecule has 0 bridgehead atoms. The lowest BCUT2D eigenvalue weighted by molar-refractivity contribution is -0.117. The topological polar surface area (TPSA) is 94.2 Å². The molecule has 9 heteroatoms. The number of amides is 1. The predicted molar refractivity (Wildman–Crippen MR) is 101 cm³/mol. The number of sulfonamides is 1. The molecular weight excluding hydrogens is 384 g/mol. The van der Waals surface area contributed by atoms with Crippen LogP contribution in [0, 0.1) is 5.92 Å². The monoisotopic (exact) mass is 404 g/mol. The van der Waals surface area contributed by atoms with Crippen molar-refractivity contribution in [2.75, 3.05) is 31.9 Å². The first-order chi connectivity index (χ1) is 13.5. The van der Waals surface area contributed by atoms with Crippen LogP contribution in [0.5, 0.6) is 17.2 Å². The van der Waals surface area contributed by atoms with Gasteiger partial charge in [-0.15, -0.1) is 0 Å². The third-order valence-electron chi connectivity index (χ3n) is 4.80. The highest BCUT2D eigenvalue weighted by Gasteiger charge is 2.32. The van der Waals surface area contributed by atoms with Crippen molar-refractivity contribution in [1.29, 1.82) is 0 Å². The fourth-order valence-corrected chi connectivity index (χ4v) is 4.40. The lowest BCUT2D eigenvalue weighted by atomic mass is 10.1. The van der Waals surface area contributed by atoms with E-state index in [1.54, 1.807) is 35.2 Å². The number of benzene rings is 2. The van der Waals surface area contributed by atoms with Crippen LogP contribution < -0.4 is 23.8 Å². The lowest BCUT2D eigenvalue weighted by Crippen LogP contribution is -2.31. The molecule has 0 spiro atoms. The molecule has 0 aliphatic carbocycles. The van der Waals surface area contributed by atoms with E-state index >= 15 is 0 Å². The van der Waals surface area contributed by atoms with Crippen LogP contribution in [0.3, 0.4) is 0 Å². The molecule has 2 aromatic carbocycles. The molecule has 0 saturated carbocycles. The summed E-state index contributed by atoms with van der Waals surface area (Å²) in [5, 5.41) is 0. The van der Waals surface area contributed by atoms with Gasteiger partial charge in [0.25, 0.3) is 0 Å². The van der Waals surface area contributed by atoms with Crippen molar-refractivity contribution >= 4 is 21.6 Å². The normalized spacial score (nSPS) is 18.5. The van der Waals surface area contributed by atoms with Gasteiger partial charge in [0.1, 0.15) is 5.75 Å². The quantitative estimate of drug-likeness (QED) is 0.788. The maximum atomic E-state index is 12.5. The van der Waals surface area contributed by atoms with Crippen LogP contribution in [0.15, 0.2) is 47.4 Å². The maximum absolute atomic E-state index is 12.5. The van der Waals surface area contributed by atoms with E-state index < -0.39 is 10.0 Å². The average Bonchev–Trinajstić information content (AvgIpc) is 3.32. The Bertz CT molecular complexity index is 990. The molecule has 0 aromatic heterocycles. The largest absolute Gasteiger partial charge is 0.497 e. The Labute approximate surface area is 163 Å². The minimum Gasteiger partial charge on any atom is -0.497 e. The lowest BCUT2D eigenvalue weighted by Gasteiger charge is -2.17. The van der Waals surface area contributed by atoms with E-state index in [9.17, 15) is 13.2 Å². The number of carbonyl (C=O) groups is 1. The van der Waals surface area contributed by atoms with E-state index in [2.05, 4.69) is 4.72 Å². The summed E-state index contributed by atoms with van der Waals surface area (Å²) in [6.45, 7) is 0.785. The van der Waals surface area contributed by atoms with Crippen LogP contribution >= 0.6 is 0 Å². The van der Waals surface area contributed by atoms with E-state index in [4.69, 9.17) is 14.2 Å². The zero-order valence-electron chi connectivity index (χ0n) is 15.3. The zero-order valence-corrected chi connectivity index (χ0v) is 16.1. The van der Waals surface area contributed by atoms with Crippen molar-refractivity contribution in [2.45, 2.75) is 11.3 Å². The number of rotatable bonds is 6. The molecule has 1 unspecified atom stereocenters. The van der Waals surface area contributed by atoms with Crippen molar-refractivity contribution in [3.8, 4) is 17.2 Å². The number of ether oxygens (including phenoxy) is 3. The second-order valence-corrected chi connectivity index (χ2v) is 8.41. The molecular formula is C19H20N2O6S. The maximum Gasteiger partial charge on any atom is 0.240 e. The summed E-state index contributed by atoms with van der Waals surface area (Å²) in [7, 11) is -2.13. The molecule has 2 aromatic rings. The van der Waals surface area contributed by atoms with E-state index in [1.165, 1.54) is 19.2 Å². The van der Waals surface area contributed by atoms with Crippen LogP contribution in [0.1, 0.15) is 6.42 Å². The first-order valence-corrected chi connectivity index (χ1v) is 10.3. The zero-order chi connectivity index (χ0) is 19.7. The van der Waals surface area contributed by atoms with Gasteiger partial charge in [-0.25, -0.2) is 13.1 Å². The van der Waals surface area contributed by atoms with E-state index in [0.29, 0.717) is 23.8 Å². The highest BCUT2D eigenvalue weighted by atomic mass is 32.2. The standard InChI is InChI=1S/C19H20N2O6S/c1-25-15-3-5-16(6-4-15)28(23,24)20-10-13-8-19(22)21(11-13)14-2-7-17-18(9-14)27-12-26-17/h2-7,9,13,20H,8,10-12H2,1H3.